The average Bonchev–Trinajstić information content (AvgIpc) is 2.46. The Balaban J connectivity index is 2.15. The molecule has 1 aliphatic heterocycles. The highest BCUT2D eigenvalue weighted by Gasteiger charge is 2.19. The van der Waals surface area contributed by atoms with E-state index < -0.39 is 0 Å². The Hall–Kier alpha value is -1.13. The number of aryl methyl sites for hydroxylation is 2. The van der Waals surface area contributed by atoms with Gasteiger partial charge in [-0.25, -0.2) is 4.98 Å². The summed E-state index contributed by atoms with van der Waals surface area (Å²) in [4.78, 5) is 7.14. The molecular formula is C17H29N3O. The fourth-order valence-corrected chi connectivity index (χ4v) is 3.03. The molecule has 2 rings (SSSR count). The molecule has 1 aromatic rings. The van der Waals surface area contributed by atoms with Gasteiger partial charge < -0.3 is 15.0 Å². The summed E-state index contributed by atoms with van der Waals surface area (Å²) in [6.45, 7) is 11.2. The monoisotopic (exact) mass is 291 g/mol. The Kier molecular flexibility index (Phi) is 6.00. The Labute approximate surface area is 128 Å². The molecule has 0 spiro atoms. The molecule has 0 atom stereocenters. The Bertz CT molecular complexity index is 456. The van der Waals surface area contributed by atoms with Crippen molar-refractivity contribution in [1.29, 1.82) is 0 Å². The van der Waals surface area contributed by atoms with Gasteiger partial charge in [-0.2, -0.15) is 0 Å². The normalized spacial score (nSPS) is 16.2. The van der Waals surface area contributed by atoms with Crippen molar-refractivity contribution < 1.29 is 4.74 Å². The van der Waals surface area contributed by atoms with Crippen LogP contribution >= 0.6 is 0 Å². The number of nitrogens with one attached hydrogen (secondary N) is 1. The molecule has 2 heterocycles. The van der Waals surface area contributed by atoms with Crippen LogP contribution in [-0.2, 0) is 11.3 Å². The first-order chi connectivity index (χ1) is 10.1. The van der Waals surface area contributed by atoms with Crippen molar-refractivity contribution in [2.45, 2.75) is 40.2 Å². The summed E-state index contributed by atoms with van der Waals surface area (Å²) in [6.07, 6.45) is 2.33. The molecule has 118 valence electrons. The fourth-order valence-electron chi connectivity index (χ4n) is 3.03. The lowest BCUT2D eigenvalue weighted by Crippen LogP contribution is -2.31. The molecule has 0 aliphatic carbocycles. The van der Waals surface area contributed by atoms with E-state index in [1.165, 1.54) is 11.1 Å². The van der Waals surface area contributed by atoms with Crippen LogP contribution in [0, 0.1) is 19.8 Å². The lowest BCUT2D eigenvalue weighted by Gasteiger charge is -2.29. The van der Waals surface area contributed by atoms with Crippen LogP contribution in [0.25, 0.3) is 0 Å². The largest absolute Gasteiger partial charge is 0.381 e. The number of hydrogen-bond acceptors (Lipinski definition) is 4. The molecule has 0 bridgehead atoms. The predicted octanol–water partition coefficient (Wildman–Crippen LogP) is 2.67. The maximum atomic E-state index is 5.46. The Morgan fingerprint density at radius 3 is 2.71 bits per heavy atom. The van der Waals surface area contributed by atoms with Crippen LogP contribution < -0.4 is 10.2 Å². The van der Waals surface area contributed by atoms with Crippen molar-refractivity contribution in [2.24, 2.45) is 5.92 Å². The third-order valence-electron chi connectivity index (χ3n) is 4.24. The number of ether oxygens (including phenoxy) is 1. The van der Waals surface area contributed by atoms with Crippen LogP contribution in [0.2, 0.25) is 0 Å². The zero-order valence-corrected chi connectivity index (χ0v) is 13.9. The number of pyridine rings is 1. The van der Waals surface area contributed by atoms with Gasteiger partial charge in [-0.15, -0.1) is 0 Å². The van der Waals surface area contributed by atoms with Crippen LogP contribution in [-0.4, -0.2) is 38.3 Å². The third kappa shape index (κ3) is 4.42. The second-order valence-electron chi connectivity index (χ2n) is 6.10. The van der Waals surface area contributed by atoms with Crippen molar-refractivity contribution in [3.8, 4) is 0 Å². The number of anilines is 1. The molecule has 1 saturated heterocycles. The summed E-state index contributed by atoms with van der Waals surface area (Å²) >= 11 is 0. The Morgan fingerprint density at radius 1 is 1.33 bits per heavy atom. The molecule has 4 heteroatoms. The van der Waals surface area contributed by atoms with Gasteiger partial charge in [0.25, 0.3) is 0 Å². The maximum Gasteiger partial charge on any atom is 0.133 e. The van der Waals surface area contributed by atoms with Gasteiger partial charge in [-0.3, -0.25) is 0 Å². The number of rotatable bonds is 6. The highest BCUT2D eigenvalue weighted by Crippen LogP contribution is 2.24. The molecule has 1 aliphatic rings. The summed E-state index contributed by atoms with van der Waals surface area (Å²) in [5.74, 6) is 1.86. The van der Waals surface area contributed by atoms with Crippen molar-refractivity contribution in [1.82, 2.24) is 10.3 Å². The predicted molar refractivity (Wildman–Crippen MR) is 87.9 cm³/mol. The lowest BCUT2D eigenvalue weighted by molar-refractivity contribution is 0.0685. The van der Waals surface area contributed by atoms with Gasteiger partial charge in [-0.05, 0) is 50.8 Å². The number of hydrogen-bond donors (Lipinski definition) is 1. The van der Waals surface area contributed by atoms with Crippen LogP contribution in [0.1, 0.15) is 36.6 Å². The van der Waals surface area contributed by atoms with Gasteiger partial charge in [0.05, 0.1) is 0 Å². The van der Waals surface area contributed by atoms with E-state index in [2.05, 4.69) is 44.1 Å². The number of nitrogens with zero attached hydrogens (tertiary/aromatic N) is 2. The fraction of sp³-hybridized carbons (Fsp3) is 0.706. The molecule has 21 heavy (non-hydrogen) atoms. The van der Waals surface area contributed by atoms with Crippen LogP contribution in [0.15, 0.2) is 6.07 Å². The topological polar surface area (TPSA) is 37.4 Å². The van der Waals surface area contributed by atoms with Gasteiger partial charge in [0.1, 0.15) is 5.82 Å². The summed E-state index contributed by atoms with van der Waals surface area (Å²) in [5, 5.41) is 3.44. The molecule has 4 nitrogen and oxygen atoms in total. The standard InChI is InChI=1S/C17H29N3O/c1-5-18-11-16-13(2)10-14(3)19-17(16)20(4)12-15-6-8-21-9-7-15/h10,15,18H,5-9,11-12H2,1-4H3. The summed E-state index contributed by atoms with van der Waals surface area (Å²) in [5.41, 5.74) is 3.76. The molecule has 0 aromatic carbocycles. The average molecular weight is 291 g/mol. The second kappa shape index (κ2) is 7.76. The summed E-state index contributed by atoms with van der Waals surface area (Å²) < 4.78 is 5.46. The van der Waals surface area contributed by atoms with Gasteiger partial charge in [0, 0.05) is 44.6 Å². The van der Waals surface area contributed by atoms with Crippen molar-refractivity contribution in [2.75, 3.05) is 38.3 Å². The minimum Gasteiger partial charge on any atom is -0.381 e. The smallest absolute Gasteiger partial charge is 0.133 e. The van der Waals surface area contributed by atoms with Crippen molar-refractivity contribution in [3.63, 3.8) is 0 Å². The first kappa shape index (κ1) is 16.2. The van der Waals surface area contributed by atoms with Gasteiger partial charge in [-0.1, -0.05) is 6.92 Å². The van der Waals surface area contributed by atoms with Gasteiger partial charge in [0.15, 0.2) is 0 Å². The van der Waals surface area contributed by atoms with Crippen molar-refractivity contribution >= 4 is 5.82 Å². The zero-order valence-electron chi connectivity index (χ0n) is 13.9. The highest BCUT2D eigenvalue weighted by atomic mass is 16.5. The van der Waals surface area contributed by atoms with E-state index in [-0.39, 0.29) is 0 Å². The number of aromatic nitrogens is 1. The van der Waals surface area contributed by atoms with Gasteiger partial charge in [0.2, 0.25) is 0 Å². The molecule has 0 saturated carbocycles. The van der Waals surface area contributed by atoms with E-state index in [0.29, 0.717) is 0 Å². The van der Waals surface area contributed by atoms with Gasteiger partial charge >= 0.3 is 0 Å². The van der Waals surface area contributed by atoms with E-state index >= 15 is 0 Å². The van der Waals surface area contributed by atoms with E-state index in [4.69, 9.17) is 9.72 Å². The highest BCUT2D eigenvalue weighted by molar-refractivity contribution is 5.51. The molecular weight excluding hydrogens is 262 g/mol. The van der Waals surface area contributed by atoms with Crippen LogP contribution in [0.3, 0.4) is 0 Å². The van der Waals surface area contributed by atoms with E-state index in [1.54, 1.807) is 0 Å². The molecule has 1 aromatic heterocycles. The van der Waals surface area contributed by atoms with E-state index in [1.807, 2.05) is 0 Å². The minimum absolute atomic E-state index is 0.721. The summed E-state index contributed by atoms with van der Waals surface area (Å²) in [7, 11) is 2.17. The quantitative estimate of drug-likeness (QED) is 0.874. The molecule has 0 radical (unpaired) electrons. The first-order valence-corrected chi connectivity index (χ1v) is 8.08. The zero-order chi connectivity index (χ0) is 15.2. The van der Waals surface area contributed by atoms with Crippen LogP contribution in [0.5, 0.6) is 0 Å². The van der Waals surface area contributed by atoms with Crippen LogP contribution in [0.4, 0.5) is 5.82 Å². The lowest BCUT2D eigenvalue weighted by atomic mass is 9.99. The first-order valence-electron chi connectivity index (χ1n) is 8.08. The Morgan fingerprint density at radius 2 is 2.05 bits per heavy atom. The molecule has 0 amide bonds. The summed E-state index contributed by atoms with van der Waals surface area (Å²) in [6, 6.07) is 2.18. The van der Waals surface area contributed by atoms with Crippen molar-refractivity contribution in [3.05, 3.63) is 22.9 Å². The van der Waals surface area contributed by atoms with E-state index in [0.717, 1.165) is 63.1 Å². The maximum absolute atomic E-state index is 5.46. The molecule has 1 fully saturated rings. The van der Waals surface area contributed by atoms with E-state index in [9.17, 15) is 0 Å². The molecule has 0 unspecified atom stereocenters. The minimum atomic E-state index is 0.721. The second-order valence-corrected chi connectivity index (χ2v) is 6.10. The third-order valence-corrected chi connectivity index (χ3v) is 4.24. The molecule has 1 N–H and O–H groups in total. The SMILES string of the molecule is CCNCc1c(C)cc(C)nc1N(C)CC1CCOCC1.